The zero-order valence-electron chi connectivity index (χ0n) is 15.2. The Morgan fingerprint density at radius 1 is 1.23 bits per heavy atom. The Morgan fingerprint density at radius 2 is 1.96 bits per heavy atom. The van der Waals surface area contributed by atoms with Crippen LogP contribution in [0.2, 0.25) is 0 Å². The highest BCUT2D eigenvalue weighted by Crippen LogP contribution is 2.55. The third-order valence-corrected chi connectivity index (χ3v) is 8.34. The maximum Gasteiger partial charge on any atom is 0.208 e. The van der Waals surface area contributed by atoms with Crippen LogP contribution in [-0.2, 0) is 10.0 Å². The first-order chi connectivity index (χ1) is 12.4. The van der Waals surface area contributed by atoms with E-state index < -0.39 is 20.2 Å². The zero-order valence-corrected chi connectivity index (χ0v) is 16.9. The molecule has 0 bridgehead atoms. The normalized spacial score (nSPS) is 30.8. The lowest BCUT2D eigenvalue weighted by Crippen LogP contribution is -2.44. The summed E-state index contributed by atoms with van der Waals surface area (Å²) < 4.78 is 34.8. The monoisotopic (exact) mass is 397 g/mol. The van der Waals surface area contributed by atoms with Crippen molar-refractivity contribution >= 4 is 25.8 Å². The Labute approximate surface area is 157 Å². The minimum atomic E-state index is -3.17. The summed E-state index contributed by atoms with van der Waals surface area (Å²) in [7, 11) is -3.02. The molecule has 3 atom stereocenters. The fourth-order valence-corrected chi connectivity index (χ4v) is 6.56. The lowest BCUT2D eigenvalue weighted by atomic mass is 9.85. The summed E-state index contributed by atoms with van der Waals surface area (Å²) in [6, 6.07) is 8.35. The predicted octanol–water partition coefficient (Wildman–Crippen LogP) is 2.98. The molecule has 2 N–H and O–H groups in total. The van der Waals surface area contributed by atoms with Gasteiger partial charge in [0.2, 0.25) is 10.0 Å². The summed E-state index contributed by atoms with van der Waals surface area (Å²) in [6.07, 6.45) is 7.44. The van der Waals surface area contributed by atoms with Gasteiger partial charge in [-0.2, -0.15) is 0 Å². The Bertz CT molecular complexity index is 763. The minimum absolute atomic E-state index is 0.254. The van der Waals surface area contributed by atoms with E-state index in [1.54, 1.807) is 7.11 Å². The first kappa shape index (κ1) is 19.4. The number of hydrogen-bond acceptors (Lipinski definition) is 5. The predicted molar refractivity (Wildman–Crippen MR) is 108 cm³/mol. The van der Waals surface area contributed by atoms with Crippen molar-refractivity contribution < 1.29 is 13.2 Å². The van der Waals surface area contributed by atoms with Crippen LogP contribution < -0.4 is 14.2 Å². The number of sulfonamides is 1. The smallest absolute Gasteiger partial charge is 0.208 e. The molecular weight excluding hydrogens is 370 g/mol. The van der Waals surface area contributed by atoms with Gasteiger partial charge in [-0.05, 0) is 48.4 Å². The van der Waals surface area contributed by atoms with E-state index in [2.05, 4.69) is 32.0 Å². The van der Waals surface area contributed by atoms with Gasteiger partial charge in [-0.1, -0.05) is 12.8 Å². The molecule has 3 unspecified atom stereocenters. The summed E-state index contributed by atoms with van der Waals surface area (Å²) in [5, 5.41) is 2.14. The molecule has 0 aromatic heterocycles. The fourth-order valence-electron chi connectivity index (χ4n) is 3.49. The van der Waals surface area contributed by atoms with Crippen LogP contribution in [-0.4, -0.2) is 39.9 Å². The molecule has 26 heavy (non-hydrogen) atoms. The van der Waals surface area contributed by atoms with Crippen molar-refractivity contribution in [2.75, 3.05) is 19.9 Å². The highest BCUT2D eigenvalue weighted by Gasteiger charge is 2.33. The Morgan fingerprint density at radius 3 is 2.58 bits per heavy atom. The summed E-state index contributed by atoms with van der Waals surface area (Å²) in [4.78, 5) is 5.53. The third kappa shape index (κ3) is 4.68. The van der Waals surface area contributed by atoms with Crippen molar-refractivity contribution in [1.82, 2.24) is 9.44 Å². The van der Waals surface area contributed by atoms with Crippen molar-refractivity contribution in [3.05, 3.63) is 35.9 Å². The summed E-state index contributed by atoms with van der Waals surface area (Å²) >= 11 is 0. The molecular formula is C18H27N3O3S2. The topological polar surface area (TPSA) is 79.8 Å². The van der Waals surface area contributed by atoms with Crippen molar-refractivity contribution in [2.45, 2.75) is 36.6 Å². The minimum Gasteiger partial charge on any atom is -0.497 e. The van der Waals surface area contributed by atoms with Crippen molar-refractivity contribution in [3.63, 3.8) is 0 Å². The van der Waals surface area contributed by atoms with Crippen LogP contribution in [0, 0.1) is 5.92 Å². The molecule has 0 radical (unpaired) electrons. The standard InChI is InChI=1S/C18H27N3O3S2/c1-24-16-7-9-17(10-8-16)26(12-11-19-14-26)21-18-6-4-3-5-15(18)13-20-25(2,22)23/h7-12,14-15,18,20-21H,3-6,13H2,1-2H3. The number of methoxy groups -OCH3 is 1. The van der Waals surface area contributed by atoms with Crippen molar-refractivity contribution in [3.8, 4) is 5.75 Å². The Kier molecular flexibility index (Phi) is 6.06. The maximum absolute atomic E-state index is 11.5. The van der Waals surface area contributed by atoms with E-state index in [9.17, 15) is 8.42 Å². The molecule has 144 valence electrons. The van der Waals surface area contributed by atoms with E-state index in [0.717, 1.165) is 31.4 Å². The number of nitrogens with zero attached hydrogens (tertiary/aromatic N) is 1. The van der Waals surface area contributed by atoms with E-state index in [-0.39, 0.29) is 12.0 Å². The first-order valence-electron chi connectivity index (χ1n) is 8.81. The lowest BCUT2D eigenvalue weighted by molar-refractivity contribution is 0.294. The number of aliphatic imine (C=N–C) groups is 1. The number of benzene rings is 1. The van der Waals surface area contributed by atoms with E-state index in [4.69, 9.17) is 4.74 Å². The molecule has 1 aliphatic carbocycles. The van der Waals surface area contributed by atoms with Crippen LogP contribution in [0.25, 0.3) is 0 Å². The van der Waals surface area contributed by atoms with Crippen molar-refractivity contribution in [1.29, 1.82) is 0 Å². The average Bonchev–Trinajstić information content (AvgIpc) is 3.10. The van der Waals surface area contributed by atoms with Gasteiger partial charge in [-0.3, -0.25) is 9.71 Å². The summed E-state index contributed by atoms with van der Waals surface area (Å²) in [5.41, 5.74) is 2.00. The number of hydrogen-bond donors (Lipinski definition) is 2. The van der Waals surface area contributed by atoms with Crippen LogP contribution >= 0.6 is 10.2 Å². The SMILES string of the molecule is COc1ccc(S2(NC3CCCCC3CNS(C)(=O)=O)C=CN=C2)cc1. The molecule has 1 aromatic rings. The van der Waals surface area contributed by atoms with Gasteiger partial charge in [0, 0.05) is 23.7 Å². The Balaban J connectivity index is 1.79. The second-order valence-electron chi connectivity index (χ2n) is 6.81. The molecule has 1 saturated carbocycles. The van der Waals surface area contributed by atoms with Gasteiger partial charge in [0.05, 0.1) is 18.9 Å². The molecule has 1 aromatic carbocycles. The molecule has 1 aliphatic heterocycles. The summed E-state index contributed by atoms with van der Waals surface area (Å²) in [5.74, 6) is 1.11. The number of ether oxygens (including phenoxy) is 1. The second-order valence-corrected chi connectivity index (χ2v) is 11.3. The number of rotatable bonds is 7. The first-order valence-corrected chi connectivity index (χ1v) is 12.5. The van der Waals surface area contributed by atoms with E-state index in [1.165, 1.54) is 11.2 Å². The van der Waals surface area contributed by atoms with Crippen LogP contribution in [0.1, 0.15) is 25.7 Å². The lowest BCUT2D eigenvalue weighted by Gasteiger charge is -2.41. The van der Waals surface area contributed by atoms with Crippen LogP contribution in [0.5, 0.6) is 5.75 Å². The molecule has 8 heteroatoms. The van der Waals surface area contributed by atoms with Gasteiger partial charge >= 0.3 is 0 Å². The van der Waals surface area contributed by atoms with Gasteiger partial charge < -0.3 is 4.74 Å². The maximum atomic E-state index is 11.5. The fraction of sp³-hybridized carbons (Fsp3) is 0.500. The highest BCUT2D eigenvalue weighted by atomic mass is 32.3. The second kappa shape index (κ2) is 8.12. The largest absolute Gasteiger partial charge is 0.497 e. The molecule has 1 heterocycles. The van der Waals surface area contributed by atoms with Gasteiger partial charge in [-0.15, -0.1) is 10.2 Å². The van der Waals surface area contributed by atoms with E-state index >= 15 is 0 Å². The molecule has 3 rings (SSSR count). The molecule has 6 nitrogen and oxygen atoms in total. The molecule has 1 fully saturated rings. The van der Waals surface area contributed by atoms with Gasteiger partial charge in [-0.25, -0.2) is 13.1 Å². The average molecular weight is 398 g/mol. The van der Waals surface area contributed by atoms with Crippen LogP contribution in [0.15, 0.2) is 45.8 Å². The van der Waals surface area contributed by atoms with E-state index in [1.807, 2.05) is 23.9 Å². The Hall–Kier alpha value is -1.35. The van der Waals surface area contributed by atoms with Gasteiger partial charge in [0.1, 0.15) is 5.75 Å². The zero-order chi connectivity index (χ0) is 18.6. The van der Waals surface area contributed by atoms with Crippen molar-refractivity contribution in [2.24, 2.45) is 10.9 Å². The van der Waals surface area contributed by atoms with Crippen LogP contribution in [0.3, 0.4) is 0 Å². The molecule has 0 saturated heterocycles. The quantitative estimate of drug-likeness (QED) is 0.741. The van der Waals surface area contributed by atoms with Gasteiger partial charge in [0.15, 0.2) is 0 Å². The molecule has 2 aliphatic rings. The van der Waals surface area contributed by atoms with Gasteiger partial charge in [0.25, 0.3) is 0 Å². The molecule has 0 spiro atoms. The van der Waals surface area contributed by atoms with Crippen LogP contribution in [0.4, 0.5) is 0 Å². The highest BCUT2D eigenvalue weighted by molar-refractivity contribution is 8.45. The third-order valence-electron chi connectivity index (χ3n) is 4.90. The number of nitrogens with one attached hydrogen (secondary N) is 2. The molecule has 0 amide bonds. The summed E-state index contributed by atoms with van der Waals surface area (Å²) in [6.45, 7) is 0.482. The van der Waals surface area contributed by atoms with E-state index in [0.29, 0.717) is 6.54 Å².